The molecule has 8 heteroatoms. The molecule has 0 radical (unpaired) electrons. The molecule has 0 aromatic heterocycles. The molecule has 6 nitrogen and oxygen atoms in total. The first-order valence-electron chi connectivity index (χ1n) is 11.2. The number of halogens is 1. The number of hydrogen-bond donors (Lipinski definition) is 1. The van der Waals surface area contributed by atoms with Crippen LogP contribution in [0.25, 0.3) is 0 Å². The van der Waals surface area contributed by atoms with Crippen molar-refractivity contribution in [1.82, 2.24) is 4.31 Å². The summed E-state index contributed by atoms with van der Waals surface area (Å²) in [7, 11) is -3.61. The van der Waals surface area contributed by atoms with E-state index in [1.165, 1.54) is 10.4 Å². The van der Waals surface area contributed by atoms with Crippen molar-refractivity contribution in [2.45, 2.75) is 50.4 Å². The first-order chi connectivity index (χ1) is 15.3. The first-order valence-corrected chi connectivity index (χ1v) is 12.7. The van der Waals surface area contributed by atoms with Crippen molar-refractivity contribution in [3.05, 3.63) is 65.5 Å². The van der Waals surface area contributed by atoms with Crippen LogP contribution in [0, 0.1) is 11.7 Å². The Hall–Kier alpha value is -2.45. The summed E-state index contributed by atoms with van der Waals surface area (Å²) in [5.41, 5.74) is 7.28. The quantitative estimate of drug-likeness (QED) is 0.741. The minimum atomic E-state index is -3.61. The van der Waals surface area contributed by atoms with Crippen molar-refractivity contribution in [3.8, 4) is 0 Å². The minimum Gasteiger partial charge on any atom is -0.371 e. The van der Waals surface area contributed by atoms with Gasteiger partial charge in [0.05, 0.1) is 0 Å². The van der Waals surface area contributed by atoms with Crippen LogP contribution in [0.15, 0.2) is 48.5 Å². The molecule has 2 aliphatic rings. The molecule has 2 unspecified atom stereocenters. The second-order valence-electron chi connectivity index (χ2n) is 8.86. The van der Waals surface area contributed by atoms with Gasteiger partial charge in [0.2, 0.25) is 15.9 Å². The number of sulfonamides is 1. The van der Waals surface area contributed by atoms with E-state index in [2.05, 4.69) is 0 Å². The van der Waals surface area contributed by atoms with Gasteiger partial charge in [-0.25, -0.2) is 12.8 Å². The smallest absolute Gasteiger partial charge is 0.221 e. The lowest BCUT2D eigenvalue weighted by Gasteiger charge is -2.37. The van der Waals surface area contributed by atoms with Crippen molar-refractivity contribution in [1.29, 1.82) is 0 Å². The summed E-state index contributed by atoms with van der Waals surface area (Å²) in [4.78, 5) is 13.4. The molecule has 32 heavy (non-hydrogen) atoms. The highest BCUT2D eigenvalue weighted by Crippen LogP contribution is 2.38. The van der Waals surface area contributed by atoms with Crippen molar-refractivity contribution in [3.63, 3.8) is 0 Å². The molecular weight excluding hydrogens is 429 g/mol. The molecule has 2 aromatic rings. The van der Waals surface area contributed by atoms with E-state index in [0.717, 1.165) is 17.7 Å². The largest absolute Gasteiger partial charge is 0.371 e. The molecule has 2 fully saturated rings. The lowest BCUT2D eigenvalue weighted by atomic mass is 9.96. The molecule has 2 heterocycles. The highest BCUT2D eigenvalue weighted by molar-refractivity contribution is 7.89. The highest BCUT2D eigenvalue weighted by Gasteiger charge is 2.40. The molecule has 172 valence electrons. The third-order valence-corrected chi connectivity index (χ3v) is 9.19. The number of anilines is 1. The van der Waals surface area contributed by atoms with Crippen molar-refractivity contribution < 1.29 is 17.6 Å². The van der Waals surface area contributed by atoms with Crippen LogP contribution < -0.4 is 10.6 Å². The Bertz CT molecular complexity index is 1070. The number of hydrogen-bond acceptors (Lipinski definition) is 4. The fraction of sp³-hybridized carbons (Fsp3) is 0.458. The summed E-state index contributed by atoms with van der Waals surface area (Å²) in [5.74, 6) is -0.820. The first kappa shape index (κ1) is 22.7. The van der Waals surface area contributed by atoms with Gasteiger partial charge in [-0.3, -0.25) is 4.79 Å². The molecule has 0 saturated carbocycles. The summed E-state index contributed by atoms with van der Waals surface area (Å²) >= 11 is 0. The SMILES string of the molecule is CC1CCC(c2ccccc2)S(=O)(=O)N1Cc1ccc(N2CCC(C(N)=O)CC2)cc1F. The van der Waals surface area contributed by atoms with Gasteiger partial charge in [0, 0.05) is 42.8 Å². The number of benzene rings is 2. The van der Waals surface area contributed by atoms with Gasteiger partial charge in [0.15, 0.2) is 0 Å². The van der Waals surface area contributed by atoms with E-state index >= 15 is 4.39 Å². The second kappa shape index (κ2) is 9.19. The Kier molecular flexibility index (Phi) is 6.53. The number of carbonyl (C=O) groups is 1. The summed E-state index contributed by atoms with van der Waals surface area (Å²) in [6.45, 7) is 3.18. The Morgan fingerprint density at radius 2 is 1.75 bits per heavy atom. The van der Waals surface area contributed by atoms with Crippen molar-refractivity contribution in [2.24, 2.45) is 11.7 Å². The van der Waals surface area contributed by atoms with Gasteiger partial charge in [-0.15, -0.1) is 0 Å². The molecule has 4 rings (SSSR count). The van der Waals surface area contributed by atoms with E-state index in [0.29, 0.717) is 37.9 Å². The molecular formula is C24H30FN3O3S. The Balaban J connectivity index is 1.51. The third-order valence-electron chi connectivity index (χ3n) is 6.82. The summed E-state index contributed by atoms with van der Waals surface area (Å²) in [6, 6.07) is 14.0. The van der Waals surface area contributed by atoms with Crippen LogP contribution >= 0.6 is 0 Å². The molecule has 0 bridgehead atoms. The van der Waals surface area contributed by atoms with Crippen LogP contribution in [0.3, 0.4) is 0 Å². The molecule has 2 atom stereocenters. The van der Waals surface area contributed by atoms with Crippen LogP contribution in [-0.2, 0) is 21.4 Å². The number of primary amides is 1. The van der Waals surface area contributed by atoms with Gasteiger partial charge in [-0.05, 0) is 50.3 Å². The van der Waals surface area contributed by atoms with Crippen molar-refractivity contribution in [2.75, 3.05) is 18.0 Å². The molecule has 2 aliphatic heterocycles. The normalized spacial score (nSPS) is 24.4. The maximum atomic E-state index is 15.0. The monoisotopic (exact) mass is 459 g/mol. The number of nitrogens with two attached hydrogens (primary N) is 1. The molecule has 1 amide bonds. The fourth-order valence-electron chi connectivity index (χ4n) is 4.80. The zero-order chi connectivity index (χ0) is 22.9. The average molecular weight is 460 g/mol. The van der Waals surface area contributed by atoms with Gasteiger partial charge in [-0.1, -0.05) is 36.4 Å². The predicted octanol–water partition coefficient (Wildman–Crippen LogP) is 3.58. The number of rotatable bonds is 5. The zero-order valence-electron chi connectivity index (χ0n) is 18.3. The van der Waals surface area contributed by atoms with Crippen LogP contribution in [0.1, 0.15) is 49.0 Å². The van der Waals surface area contributed by atoms with Gasteiger partial charge in [0.1, 0.15) is 11.1 Å². The van der Waals surface area contributed by atoms with Gasteiger partial charge in [-0.2, -0.15) is 4.31 Å². The van der Waals surface area contributed by atoms with Gasteiger partial charge in [0.25, 0.3) is 0 Å². The van der Waals surface area contributed by atoms with E-state index in [1.807, 2.05) is 48.2 Å². The number of carbonyl (C=O) groups excluding carboxylic acids is 1. The third kappa shape index (κ3) is 4.52. The molecule has 0 spiro atoms. The Morgan fingerprint density at radius 1 is 1.06 bits per heavy atom. The number of nitrogens with zero attached hydrogens (tertiary/aromatic N) is 2. The molecule has 2 saturated heterocycles. The number of piperidine rings is 1. The van der Waals surface area contributed by atoms with Crippen LogP contribution in [0.4, 0.5) is 10.1 Å². The number of amides is 1. The molecule has 0 aliphatic carbocycles. The van der Waals surface area contributed by atoms with Gasteiger partial charge >= 0.3 is 0 Å². The molecule has 2 aromatic carbocycles. The van der Waals surface area contributed by atoms with Crippen LogP contribution in [-0.4, -0.2) is 37.8 Å². The summed E-state index contributed by atoms with van der Waals surface area (Å²) in [5, 5.41) is -0.603. The molecule has 2 N–H and O–H groups in total. The van der Waals surface area contributed by atoms with E-state index in [4.69, 9.17) is 5.73 Å². The second-order valence-corrected chi connectivity index (χ2v) is 10.9. The van der Waals surface area contributed by atoms with E-state index in [9.17, 15) is 13.2 Å². The lowest BCUT2D eigenvalue weighted by molar-refractivity contribution is -0.122. The summed E-state index contributed by atoms with van der Waals surface area (Å²) < 4.78 is 43.3. The summed E-state index contributed by atoms with van der Waals surface area (Å²) in [6.07, 6.45) is 2.60. The predicted molar refractivity (Wildman–Crippen MR) is 123 cm³/mol. The van der Waals surface area contributed by atoms with Crippen molar-refractivity contribution >= 4 is 21.6 Å². The average Bonchev–Trinajstić information content (AvgIpc) is 2.78. The maximum absolute atomic E-state index is 15.0. The van der Waals surface area contributed by atoms with E-state index in [1.54, 1.807) is 6.07 Å². The Labute approximate surface area is 189 Å². The topological polar surface area (TPSA) is 83.7 Å². The zero-order valence-corrected chi connectivity index (χ0v) is 19.1. The fourth-order valence-corrected chi connectivity index (χ4v) is 6.99. The highest BCUT2D eigenvalue weighted by atomic mass is 32.2. The standard InChI is InChI=1S/C24H30FN3O3S/c1-17-7-10-23(18-5-3-2-4-6-18)32(30,31)28(17)16-20-8-9-21(15-22(20)25)27-13-11-19(12-14-27)24(26)29/h2-6,8-9,15,17,19,23H,7,10-14,16H2,1H3,(H2,26,29). The Morgan fingerprint density at radius 3 is 2.38 bits per heavy atom. The van der Waals surface area contributed by atoms with E-state index < -0.39 is 21.1 Å². The van der Waals surface area contributed by atoms with Crippen LogP contribution in [0.2, 0.25) is 0 Å². The van der Waals surface area contributed by atoms with Crippen LogP contribution in [0.5, 0.6) is 0 Å². The lowest BCUT2D eigenvalue weighted by Crippen LogP contribution is -2.44. The van der Waals surface area contributed by atoms with E-state index in [-0.39, 0.29) is 24.4 Å². The minimum absolute atomic E-state index is 0.0166. The maximum Gasteiger partial charge on any atom is 0.221 e. The van der Waals surface area contributed by atoms with Gasteiger partial charge < -0.3 is 10.6 Å².